The summed E-state index contributed by atoms with van der Waals surface area (Å²) in [4.78, 5) is 11.9. The quantitative estimate of drug-likeness (QED) is 0.790. The molecular weight excluding hydrogens is 310 g/mol. The van der Waals surface area contributed by atoms with E-state index in [1.54, 1.807) is 0 Å². The van der Waals surface area contributed by atoms with Crippen LogP contribution in [0.25, 0.3) is 22.5 Å². The fourth-order valence-corrected chi connectivity index (χ4v) is 3.45. The van der Waals surface area contributed by atoms with Gasteiger partial charge >= 0.3 is 0 Å². The molecule has 0 spiro atoms. The van der Waals surface area contributed by atoms with Crippen molar-refractivity contribution in [2.24, 2.45) is 0 Å². The van der Waals surface area contributed by atoms with Crippen LogP contribution < -0.4 is 4.90 Å². The highest BCUT2D eigenvalue weighted by Gasteiger charge is 2.26. The predicted octanol–water partition coefficient (Wildman–Crippen LogP) is 3.77. The van der Waals surface area contributed by atoms with Gasteiger partial charge in [-0.05, 0) is 12.8 Å². The topological polar surface area (TPSA) is 49.2 Å². The molecular formula is C21H21N3O. The van der Waals surface area contributed by atoms with E-state index in [-0.39, 0.29) is 12.6 Å². The lowest BCUT2D eigenvalue weighted by Crippen LogP contribution is -2.32. The lowest BCUT2D eigenvalue weighted by Gasteiger charge is -2.24. The molecule has 126 valence electrons. The normalized spacial score (nSPS) is 17.0. The fourth-order valence-electron chi connectivity index (χ4n) is 3.45. The predicted molar refractivity (Wildman–Crippen MR) is 100 cm³/mol. The molecule has 2 aromatic carbocycles. The number of aliphatic hydroxyl groups excluding tert-OH is 1. The number of hydrogen-bond acceptors (Lipinski definition) is 4. The van der Waals surface area contributed by atoms with Crippen molar-refractivity contribution in [3.05, 3.63) is 66.9 Å². The number of nitrogens with zero attached hydrogens (tertiary/aromatic N) is 3. The summed E-state index contributed by atoms with van der Waals surface area (Å²) in [5.74, 6) is 0.843. The van der Waals surface area contributed by atoms with Crippen molar-refractivity contribution >= 4 is 5.82 Å². The molecule has 1 aromatic heterocycles. The molecule has 0 saturated carbocycles. The van der Waals surface area contributed by atoms with Crippen molar-refractivity contribution in [3.63, 3.8) is 0 Å². The van der Waals surface area contributed by atoms with E-state index in [0.29, 0.717) is 0 Å². The number of aliphatic hydroxyl groups is 1. The zero-order valence-corrected chi connectivity index (χ0v) is 14.0. The monoisotopic (exact) mass is 331 g/mol. The summed E-state index contributed by atoms with van der Waals surface area (Å²) >= 11 is 0. The van der Waals surface area contributed by atoms with Crippen molar-refractivity contribution in [1.29, 1.82) is 0 Å². The van der Waals surface area contributed by atoms with Crippen LogP contribution in [0.5, 0.6) is 0 Å². The Labute approximate surface area is 147 Å². The lowest BCUT2D eigenvalue weighted by molar-refractivity contribution is 0.266. The Balaban J connectivity index is 1.83. The third kappa shape index (κ3) is 3.13. The molecule has 3 aromatic rings. The van der Waals surface area contributed by atoms with Crippen LogP contribution in [0.3, 0.4) is 0 Å². The van der Waals surface area contributed by atoms with Gasteiger partial charge in [0, 0.05) is 17.7 Å². The Morgan fingerprint density at radius 2 is 1.56 bits per heavy atom. The summed E-state index contributed by atoms with van der Waals surface area (Å²) in [6.45, 7) is 1.07. The molecule has 2 heterocycles. The van der Waals surface area contributed by atoms with Crippen molar-refractivity contribution in [2.75, 3.05) is 18.1 Å². The van der Waals surface area contributed by atoms with Crippen LogP contribution in [0.2, 0.25) is 0 Å². The molecule has 1 aliphatic heterocycles. The van der Waals surface area contributed by atoms with Gasteiger partial charge in [0.15, 0.2) is 0 Å². The van der Waals surface area contributed by atoms with Gasteiger partial charge in [-0.3, -0.25) is 4.98 Å². The highest BCUT2D eigenvalue weighted by molar-refractivity contribution is 5.78. The summed E-state index contributed by atoms with van der Waals surface area (Å²) in [6.07, 6.45) is 3.91. The largest absolute Gasteiger partial charge is 0.394 e. The van der Waals surface area contributed by atoms with Gasteiger partial charge < -0.3 is 10.0 Å². The van der Waals surface area contributed by atoms with Crippen molar-refractivity contribution in [2.45, 2.75) is 18.9 Å². The summed E-state index contributed by atoms with van der Waals surface area (Å²) in [6, 6.07) is 20.5. The van der Waals surface area contributed by atoms with E-state index in [1.165, 1.54) is 0 Å². The average molecular weight is 331 g/mol. The molecule has 4 nitrogen and oxygen atoms in total. The summed E-state index contributed by atoms with van der Waals surface area (Å²) < 4.78 is 0. The zero-order valence-electron chi connectivity index (χ0n) is 14.0. The maximum absolute atomic E-state index is 9.63. The van der Waals surface area contributed by atoms with Crippen molar-refractivity contribution in [3.8, 4) is 22.5 Å². The number of rotatable bonds is 4. The molecule has 1 N–H and O–H groups in total. The molecule has 0 amide bonds. The van der Waals surface area contributed by atoms with Crippen LogP contribution in [0.1, 0.15) is 12.8 Å². The van der Waals surface area contributed by atoms with Gasteiger partial charge in [0.05, 0.1) is 30.2 Å². The first kappa shape index (κ1) is 15.8. The third-order valence-corrected chi connectivity index (χ3v) is 4.74. The summed E-state index contributed by atoms with van der Waals surface area (Å²) in [7, 11) is 0. The summed E-state index contributed by atoms with van der Waals surface area (Å²) in [5, 5.41) is 9.63. The third-order valence-electron chi connectivity index (χ3n) is 4.74. The second-order valence-electron chi connectivity index (χ2n) is 6.33. The molecule has 0 unspecified atom stereocenters. The van der Waals surface area contributed by atoms with Gasteiger partial charge in [0.25, 0.3) is 0 Å². The molecule has 0 aliphatic carbocycles. The van der Waals surface area contributed by atoms with Gasteiger partial charge in [-0.2, -0.15) is 0 Å². The van der Waals surface area contributed by atoms with E-state index in [9.17, 15) is 5.11 Å². The molecule has 1 saturated heterocycles. The van der Waals surface area contributed by atoms with Crippen LogP contribution in [0.4, 0.5) is 5.82 Å². The van der Waals surface area contributed by atoms with Crippen LogP contribution in [0, 0.1) is 0 Å². The van der Waals surface area contributed by atoms with Crippen LogP contribution in [-0.2, 0) is 0 Å². The molecule has 0 radical (unpaired) electrons. The highest BCUT2D eigenvalue weighted by Crippen LogP contribution is 2.32. The Morgan fingerprint density at radius 1 is 0.920 bits per heavy atom. The summed E-state index contributed by atoms with van der Waals surface area (Å²) in [5.41, 5.74) is 3.87. The number of anilines is 1. The zero-order chi connectivity index (χ0) is 17.1. The van der Waals surface area contributed by atoms with Crippen molar-refractivity contribution in [1.82, 2.24) is 9.97 Å². The van der Waals surface area contributed by atoms with E-state index in [4.69, 9.17) is 9.97 Å². The Morgan fingerprint density at radius 3 is 2.20 bits per heavy atom. The lowest BCUT2D eigenvalue weighted by atomic mass is 10.0. The molecule has 25 heavy (non-hydrogen) atoms. The minimum Gasteiger partial charge on any atom is -0.394 e. The van der Waals surface area contributed by atoms with E-state index in [2.05, 4.69) is 29.2 Å². The van der Waals surface area contributed by atoms with Gasteiger partial charge in [-0.1, -0.05) is 60.7 Å². The minimum absolute atomic E-state index is 0.139. The van der Waals surface area contributed by atoms with Gasteiger partial charge in [0.1, 0.15) is 5.82 Å². The Bertz CT molecular complexity index is 836. The van der Waals surface area contributed by atoms with Crippen LogP contribution in [0.15, 0.2) is 66.9 Å². The number of benzene rings is 2. The fraction of sp³-hybridized carbons (Fsp3) is 0.238. The average Bonchev–Trinajstić information content (AvgIpc) is 3.18. The second-order valence-corrected chi connectivity index (χ2v) is 6.33. The SMILES string of the molecule is OC[C@H]1CCCN1c1cnc(-c2ccccc2)c(-c2ccccc2)n1. The van der Waals surface area contributed by atoms with E-state index in [1.807, 2.05) is 42.6 Å². The first-order chi connectivity index (χ1) is 12.4. The molecule has 0 bridgehead atoms. The van der Waals surface area contributed by atoms with Gasteiger partial charge in [-0.25, -0.2) is 4.98 Å². The van der Waals surface area contributed by atoms with Crippen LogP contribution >= 0.6 is 0 Å². The molecule has 4 rings (SSSR count). The van der Waals surface area contributed by atoms with Crippen molar-refractivity contribution < 1.29 is 5.11 Å². The second kappa shape index (κ2) is 7.03. The Hall–Kier alpha value is -2.72. The maximum Gasteiger partial charge on any atom is 0.148 e. The maximum atomic E-state index is 9.63. The van der Waals surface area contributed by atoms with E-state index >= 15 is 0 Å². The highest BCUT2D eigenvalue weighted by atomic mass is 16.3. The number of aromatic nitrogens is 2. The standard InChI is InChI=1S/C21H21N3O/c25-15-18-12-7-13-24(18)19-14-22-20(16-8-3-1-4-9-16)21(23-19)17-10-5-2-6-11-17/h1-6,8-11,14,18,25H,7,12-13,15H2/t18-/m1/s1. The van der Waals surface area contributed by atoms with E-state index < -0.39 is 0 Å². The van der Waals surface area contributed by atoms with Crippen LogP contribution in [-0.4, -0.2) is 34.3 Å². The Kier molecular flexibility index (Phi) is 4.44. The minimum atomic E-state index is 0.139. The smallest absolute Gasteiger partial charge is 0.148 e. The molecule has 1 fully saturated rings. The molecule has 1 aliphatic rings. The van der Waals surface area contributed by atoms with Gasteiger partial charge in [-0.15, -0.1) is 0 Å². The number of hydrogen-bond donors (Lipinski definition) is 1. The first-order valence-corrected chi connectivity index (χ1v) is 8.72. The van der Waals surface area contributed by atoms with E-state index in [0.717, 1.165) is 47.7 Å². The molecule has 1 atom stereocenters. The first-order valence-electron chi connectivity index (χ1n) is 8.72. The molecule has 4 heteroatoms. The van der Waals surface area contributed by atoms with Gasteiger partial charge in [0.2, 0.25) is 0 Å².